The van der Waals surface area contributed by atoms with Crippen molar-refractivity contribution >= 4 is 12.6 Å². The van der Waals surface area contributed by atoms with Crippen LogP contribution in [0.5, 0.6) is 5.75 Å². The molecule has 4 heteroatoms. The van der Waals surface area contributed by atoms with Gasteiger partial charge in [0.2, 0.25) is 0 Å². The van der Waals surface area contributed by atoms with Gasteiger partial charge in [0.1, 0.15) is 11.5 Å². The van der Waals surface area contributed by atoms with Crippen LogP contribution in [0.1, 0.15) is 5.76 Å². The average molecular weight is 172 g/mol. The summed E-state index contributed by atoms with van der Waals surface area (Å²) < 4.78 is 9.60. The Labute approximate surface area is 69.4 Å². The van der Waals surface area contributed by atoms with Gasteiger partial charge in [-0.05, 0) is 0 Å². The molecule has 0 aliphatic carbocycles. The predicted octanol–water partition coefficient (Wildman–Crippen LogP) is 1.08. The third-order valence-electron chi connectivity index (χ3n) is 1.19. The summed E-state index contributed by atoms with van der Waals surface area (Å²) in [7, 11) is 1.50. The number of ether oxygens (including phenoxy) is 1. The fourth-order valence-electron chi connectivity index (χ4n) is 0.700. The molecule has 0 amide bonds. The van der Waals surface area contributed by atoms with Crippen LogP contribution in [-0.2, 0) is 5.75 Å². The zero-order chi connectivity index (χ0) is 8.27. The lowest BCUT2D eigenvalue weighted by Crippen LogP contribution is -1.99. The van der Waals surface area contributed by atoms with Gasteiger partial charge >= 0.3 is 5.63 Å². The van der Waals surface area contributed by atoms with Gasteiger partial charge in [-0.25, -0.2) is 4.79 Å². The summed E-state index contributed by atoms with van der Waals surface area (Å²) in [5, 5.41) is 0. The van der Waals surface area contributed by atoms with Gasteiger partial charge < -0.3 is 9.15 Å². The number of methoxy groups -OCH3 is 1. The topological polar surface area (TPSA) is 39.4 Å². The van der Waals surface area contributed by atoms with Gasteiger partial charge in [-0.2, -0.15) is 12.6 Å². The molecule has 1 heterocycles. The first kappa shape index (κ1) is 8.20. The summed E-state index contributed by atoms with van der Waals surface area (Å²) >= 11 is 3.96. The zero-order valence-corrected chi connectivity index (χ0v) is 6.93. The summed E-state index contributed by atoms with van der Waals surface area (Å²) in [5.41, 5.74) is -0.409. The van der Waals surface area contributed by atoms with Gasteiger partial charge in [-0.1, -0.05) is 0 Å². The molecule has 0 fully saturated rings. The standard InChI is InChI=1S/C7H8O3S/c1-9-5-2-6(4-11)10-7(8)3-5/h2-3,11H,4H2,1H3. The molecule has 0 aliphatic heterocycles. The lowest BCUT2D eigenvalue weighted by Gasteiger charge is -1.98. The number of rotatable bonds is 2. The molecule has 11 heavy (non-hydrogen) atoms. The first-order chi connectivity index (χ1) is 5.26. The monoisotopic (exact) mass is 172 g/mol. The lowest BCUT2D eigenvalue weighted by molar-refractivity contribution is 0.396. The van der Waals surface area contributed by atoms with E-state index in [-0.39, 0.29) is 0 Å². The Bertz CT molecular complexity index is 267. The molecule has 0 saturated carbocycles. The summed E-state index contributed by atoms with van der Waals surface area (Å²) in [6.07, 6.45) is 0. The summed E-state index contributed by atoms with van der Waals surface area (Å²) in [4.78, 5) is 10.7. The molecule has 0 radical (unpaired) electrons. The second kappa shape index (κ2) is 3.48. The van der Waals surface area contributed by atoms with Crippen molar-refractivity contribution in [2.24, 2.45) is 0 Å². The maximum absolute atomic E-state index is 10.7. The second-order valence-electron chi connectivity index (χ2n) is 1.94. The molecule has 60 valence electrons. The summed E-state index contributed by atoms with van der Waals surface area (Å²) in [6.45, 7) is 0. The van der Waals surface area contributed by atoms with Gasteiger partial charge in [0, 0.05) is 11.8 Å². The Kier molecular flexibility index (Phi) is 2.59. The molecular weight excluding hydrogens is 164 g/mol. The average Bonchev–Trinajstić information content (AvgIpc) is 2.03. The number of hydrogen-bond donors (Lipinski definition) is 1. The molecule has 0 aliphatic rings. The Morgan fingerprint density at radius 3 is 2.91 bits per heavy atom. The van der Waals surface area contributed by atoms with E-state index < -0.39 is 5.63 Å². The van der Waals surface area contributed by atoms with E-state index in [1.807, 2.05) is 0 Å². The van der Waals surface area contributed by atoms with Crippen molar-refractivity contribution < 1.29 is 9.15 Å². The van der Waals surface area contributed by atoms with Gasteiger partial charge in [-0.3, -0.25) is 0 Å². The van der Waals surface area contributed by atoms with E-state index in [1.165, 1.54) is 13.2 Å². The van der Waals surface area contributed by atoms with Crippen LogP contribution in [0.15, 0.2) is 21.3 Å². The summed E-state index contributed by atoms with van der Waals surface area (Å²) in [6, 6.07) is 2.92. The maximum Gasteiger partial charge on any atom is 0.339 e. The first-order valence-electron chi connectivity index (χ1n) is 3.05. The van der Waals surface area contributed by atoms with Crippen molar-refractivity contribution in [3.8, 4) is 5.75 Å². The predicted molar refractivity (Wildman–Crippen MR) is 44.2 cm³/mol. The minimum absolute atomic E-state index is 0.395. The molecule has 0 atom stereocenters. The van der Waals surface area contributed by atoms with Gasteiger partial charge in [-0.15, -0.1) is 0 Å². The molecule has 1 aromatic heterocycles. The molecule has 0 saturated heterocycles. The van der Waals surface area contributed by atoms with E-state index in [0.717, 1.165) is 0 Å². The molecule has 1 aromatic rings. The fraction of sp³-hybridized carbons (Fsp3) is 0.286. The second-order valence-corrected chi connectivity index (χ2v) is 2.26. The SMILES string of the molecule is COc1cc(CS)oc(=O)c1. The normalized spacial score (nSPS) is 9.64. The third-order valence-corrected chi connectivity index (χ3v) is 1.50. The van der Waals surface area contributed by atoms with Crippen molar-refractivity contribution in [1.82, 2.24) is 0 Å². The van der Waals surface area contributed by atoms with E-state index in [0.29, 0.717) is 17.3 Å². The van der Waals surface area contributed by atoms with Gasteiger partial charge in [0.25, 0.3) is 0 Å². The first-order valence-corrected chi connectivity index (χ1v) is 3.68. The molecule has 0 unspecified atom stereocenters. The molecule has 1 rings (SSSR count). The van der Waals surface area contributed by atoms with Crippen molar-refractivity contribution in [2.45, 2.75) is 5.75 Å². The van der Waals surface area contributed by atoms with Crippen molar-refractivity contribution in [3.05, 3.63) is 28.3 Å². The van der Waals surface area contributed by atoms with Crippen LogP contribution >= 0.6 is 12.6 Å². The number of hydrogen-bond acceptors (Lipinski definition) is 4. The molecule has 0 N–H and O–H groups in total. The van der Waals surface area contributed by atoms with Crippen molar-refractivity contribution in [1.29, 1.82) is 0 Å². The molecular formula is C7H8O3S. The Hall–Kier alpha value is -0.900. The van der Waals surface area contributed by atoms with Gasteiger partial charge in [0.15, 0.2) is 0 Å². The minimum Gasteiger partial charge on any atom is -0.496 e. The Morgan fingerprint density at radius 1 is 1.64 bits per heavy atom. The van der Waals surface area contributed by atoms with Crippen LogP contribution < -0.4 is 10.4 Å². The Balaban J connectivity index is 3.12. The van der Waals surface area contributed by atoms with Crippen LogP contribution in [0.3, 0.4) is 0 Å². The van der Waals surface area contributed by atoms with Crippen molar-refractivity contribution in [2.75, 3.05) is 7.11 Å². The fourth-order valence-corrected chi connectivity index (χ4v) is 0.856. The smallest absolute Gasteiger partial charge is 0.339 e. The van der Waals surface area contributed by atoms with Crippen LogP contribution in [0.2, 0.25) is 0 Å². The highest BCUT2D eigenvalue weighted by atomic mass is 32.1. The van der Waals surface area contributed by atoms with E-state index in [9.17, 15) is 4.79 Å². The van der Waals surface area contributed by atoms with Crippen LogP contribution in [-0.4, -0.2) is 7.11 Å². The molecule has 0 spiro atoms. The quantitative estimate of drug-likeness (QED) is 0.678. The van der Waals surface area contributed by atoms with Crippen LogP contribution in [0, 0.1) is 0 Å². The minimum atomic E-state index is -0.409. The zero-order valence-electron chi connectivity index (χ0n) is 6.03. The summed E-state index contributed by atoms with van der Waals surface area (Å²) in [5.74, 6) is 1.41. The number of thiol groups is 1. The van der Waals surface area contributed by atoms with E-state index in [4.69, 9.17) is 9.15 Å². The van der Waals surface area contributed by atoms with Crippen molar-refractivity contribution in [3.63, 3.8) is 0 Å². The highest BCUT2D eigenvalue weighted by Gasteiger charge is 1.98. The van der Waals surface area contributed by atoms with Crippen LogP contribution in [0.25, 0.3) is 0 Å². The molecule has 3 nitrogen and oxygen atoms in total. The highest BCUT2D eigenvalue weighted by Crippen LogP contribution is 2.10. The maximum atomic E-state index is 10.7. The van der Waals surface area contributed by atoms with Crippen LogP contribution in [0.4, 0.5) is 0 Å². The third kappa shape index (κ3) is 2.01. The molecule has 0 bridgehead atoms. The van der Waals surface area contributed by atoms with E-state index >= 15 is 0 Å². The Morgan fingerprint density at radius 2 is 2.36 bits per heavy atom. The largest absolute Gasteiger partial charge is 0.496 e. The highest BCUT2D eigenvalue weighted by molar-refractivity contribution is 7.79. The lowest BCUT2D eigenvalue weighted by atomic mass is 10.4. The van der Waals surface area contributed by atoms with Gasteiger partial charge in [0.05, 0.1) is 13.2 Å². The van der Waals surface area contributed by atoms with E-state index in [2.05, 4.69) is 12.6 Å². The molecule has 0 aromatic carbocycles. The van der Waals surface area contributed by atoms with E-state index in [1.54, 1.807) is 6.07 Å².